The van der Waals surface area contributed by atoms with E-state index in [0.717, 1.165) is 25.8 Å². The Morgan fingerprint density at radius 1 is 1.18 bits per heavy atom. The summed E-state index contributed by atoms with van der Waals surface area (Å²) in [5, 5.41) is 6.46. The molecule has 0 spiro atoms. The minimum atomic E-state index is -0.0265. The molecule has 1 saturated carbocycles. The molecule has 2 amide bonds. The van der Waals surface area contributed by atoms with Gasteiger partial charge in [-0.3, -0.25) is 9.59 Å². The number of nitrogens with one attached hydrogen (secondary N) is 2. The molecule has 2 saturated heterocycles. The van der Waals surface area contributed by atoms with Gasteiger partial charge in [0.2, 0.25) is 11.8 Å². The predicted molar refractivity (Wildman–Crippen MR) is 85.3 cm³/mol. The summed E-state index contributed by atoms with van der Waals surface area (Å²) in [4.78, 5) is 26.8. The second-order valence-corrected chi connectivity index (χ2v) is 7.12. The van der Waals surface area contributed by atoms with E-state index >= 15 is 0 Å². The summed E-state index contributed by atoms with van der Waals surface area (Å²) in [6, 6.07) is 0.535. The molecule has 5 nitrogen and oxygen atoms in total. The highest BCUT2D eigenvalue weighted by atomic mass is 16.2. The van der Waals surface area contributed by atoms with Crippen molar-refractivity contribution in [2.24, 2.45) is 11.8 Å². The first kappa shape index (κ1) is 15.8. The van der Waals surface area contributed by atoms with Crippen molar-refractivity contribution < 1.29 is 9.59 Å². The van der Waals surface area contributed by atoms with Crippen molar-refractivity contribution in [2.45, 2.75) is 64.0 Å². The Bertz CT molecular complexity index is 412. The Morgan fingerprint density at radius 3 is 2.77 bits per heavy atom. The van der Waals surface area contributed by atoms with Crippen LogP contribution in [0.3, 0.4) is 0 Å². The van der Waals surface area contributed by atoms with E-state index in [1.165, 1.54) is 25.7 Å². The van der Waals surface area contributed by atoms with E-state index in [9.17, 15) is 9.59 Å². The highest BCUT2D eigenvalue weighted by molar-refractivity contribution is 5.84. The summed E-state index contributed by atoms with van der Waals surface area (Å²) in [6.07, 6.45) is 7.92. The number of hydrogen-bond acceptors (Lipinski definition) is 3. The molecule has 4 atom stereocenters. The molecule has 0 aromatic rings. The number of rotatable bonds is 3. The molecule has 22 heavy (non-hydrogen) atoms. The van der Waals surface area contributed by atoms with Crippen LogP contribution in [0.4, 0.5) is 0 Å². The number of piperidine rings is 1. The second-order valence-electron chi connectivity index (χ2n) is 7.12. The Morgan fingerprint density at radius 2 is 2.00 bits per heavy atom. The van der Waals surface area contributed by atoms with Crippen LogP contribution in [0.15, 0.2) is 0 Å². The molecule has 124 valence electrons. The number of carbonyl (C=O) groups is 2. The maximum atomic E-state index is 12.8. The van der Waals surface area contributed by atoms with Crippen LogP contribution in [0.5, 0.6) is 0 Å². The summed E-state index contributed by atoms with van der Waals surface area (Å²) in [5.74, 6) is 0.990. The van der Waals surface area contributed by atoms with Crippen molar-refractivity contribution in [3.63, 3.8) is 0 Å². The van der Waals surface area contributed by atoms with Gasteiger partial charge < -0.3 is 15.5 Å². The highest BCUT2D eigenvalue weighted by Gasteiger charge is 2.40. The number of likely N-dealkylation sites (tertiary alicyclic amines) is 1. The van der Waals surface area contributed by atoms with Crippen molar-refractivity contribution >= 4 is 11.8 Å². The molecule has 2 N–H and O–H groups in total. The van der Waals surface area contributed by atoms with Gasteiger partial charge in [0, 0.05) is 25.7 Å². The number of fused-ring (bicyclic) bond motifs is 1. The third-order valence-electron chi connectivity index (χ3n) is 5.62. The minimum Gasteiger partial charge on any atom is -0.356 e. The van der Waals surface area contributed by atoms with Gasteiger partial charge in [0.25, 0.3) is 0 Å². The van der Waals surface area contributed by atoms with Gasteiger partial charge in [-0.1, -0.05) is 12.8 Å². The van der Waals surface area contributed by atoms with E-state index in [1.807, 2.05) is 11.8 Å². The average Bonchev–Trinajstić information content (AvgIpc) is 2.98. The standard InChI is InChI=1S/C17H29N3O2/c1-2-18-16(21)13-7-5-9-20(11-13)17(22)15-10-12-6-3-4-8-14(12)19-15/h12-15,19H,2-11H2,1H3,(H,18,21)/t12-,13+,14+,15-/m0/s1. The lowest BCUT2D eigenvalue weighted by atomic mass is 9.85. The third kappa shape index (κ3) is 3.29. The van der Waals surface area contributed by atoms with Gasteiger partial charge in [-0.05, 0) is 44.9 Å². The molecule has 0 aromatic carbocycles. The largest absolute Gasteiger partial charge is 0.356 e. The summed E-state index contributed by atoms with van der Waals surface area (Å²) in [5.41, 5.74) is 0. The van der Waals surface area contributed by atoms with Gasteiger partial charge in [0.05, 0.1) is 12.0 Å². The van der Waals surface area contributed by atoms with E-state index in [0.29, 0.717) is 25.0 Å². The van der Waals surface area contributed by atoms with Crippen LogP contribution in [0.25, 0.3) is 0 Å². The molecule has 2 heterocycles. The van der Waals surface area contributed by atoms with Crippen LogP contribution in [-0.2, 0) is 9.59 Å². The van der Waals surface area contributed by atoms with Crippen molar-refractivity contribution in [2.75, 3.05) is 19.6 Å². The third-order valence-corrected chi connectivity index (χ3v) is 5.62. The lowest BCUT2D eigenvalue weighted by Gasteiger charge is -2.33. The zero-order valence-corrected chi connectivity index (χ0v) is 13.6. The average molecular weight is 307 g/mol. The first-order chi connectivity index (χ1) is 10.7. The molecule has 0 radical (unpaired) electrons. The monoisotopic (exact) mass is 307 g/mol. The molecular weight excluding hydrogens is 278 g/mol. The molecule has 0 unspecified atom stereocenters. The smallest absolute Gasteiger partial charge is 0.239 e. The molecule has 3 aliphatic rings. The maximum absolute atomic E-state index is 12.8. The predicted octanol–water partition coefficient (Wildman–Crippen LogP) is 1.28. The normalized spacial score (nSPS) is 35.0. The van der Waals surface area contributed by atoms with Crippen LogP contribution in [0.1, 0.15) is 51.9 Å². The summed E-state index contributed by atoms with van der Waals surface area (Å²) in [7, 11) is 0. The van der Waals surface area contributed by atoms with Crippen LogP contribution in [0, 0.1) is 11.8 Å². The van der Waals surface area contributed by atoms with Crippen LogP contribution >= 0.6 is 0 Å². The topological polar surface area (TPSA) is 61.4 Å². The Balaban J connectivity index is 1.56. The quantitative estimate of drug-likeness (QED) is 0.826. The van der Waals surface area contributed by atoms with Gasteiger partial charge in [0.1, 0.15) is 0 Å². The van der Waals surface area contributed by atoms with Crippen molar-refractivity contribution in [3.8, 4) is 0 Å². The van der Waals surface area contributed by atoms with Gasteiger partial charge in [-0.25, -0.2) is 0 Å². The molecule has 3 rings (SSSR count). The number of amides is 2. The van der Waals surface area contributed by atoms with Crippen molar-refractivity contribution in [1.82, 2.24) is 15.5 Å². The zero-order chi connectivity index (χ0) is 15.5. The molecule has 5 heteroatoms. The number of nitrogens with zero attached hydrogens (tertiary/aromatic N) is 1. The van der Waals surface area contributed by atoms with Crippen molar-refractivity contribution in [1.29, 1.82) is 0 Å². The fraction of sp³-hybridized carbons (Fsp3) is 0.882. The Labute approximate surface area is 133 Å². The van der Waals surface area contributed by atoms with Gasteiger partial charge in [-0.15, -0.1) is 0 Å². The molecule has 3 fully saturated rings. The lowest BCUT2D eigenvalue weighted by molar-refractivity contribution is -0.137. The van der Waals surface area contributed by atoms with E-state index in [-0.39, 0.29) is 23.8 Å². The first-order valence-corrected chi connectivity index (χ1v) is 9.01. The number of carbonyl (C=O) groups excluding carboxylic acids is 2. The molecule has 2 aliphatic heterocycles. The van der Waals surface area contributed by atoms with Gasteiger partial charge in [-0.2, -0.15) is 0 Å². The molecule has 1 aliphatic carbocycles. The fourth-order valence-corrected chi connectivity index (χ4v) is 4.44. The second kappa shape index (κ2) is 6.99. The maximum Gasteiger partial charge on any atom is 0.239 e. The summed E-state index contributed by atoms with van der Waals surface area (Å²) in [6.45, 7) is 4.01. The Kier molecular flexibility index (Phi) is 5.01. The van der Waals surface area contributed by atoms with Gasteiger partial charge >= 0.3 is 0 Å². The zero-order valence-electron chi connectivity index (χ0n) is 13.6. The highest BCUT2D eigenvalue weighted by Crippen LogP contribution is 2.34. The first-order valence-electron chi connectivity index (χ1n) is 9.01. The van der Waals surface area contributed by atoms with E-state index < -0.39 is 0 Å². The van der Waals surface area contributed by atoms with Crippen LogP contribution in [-0.4, -0.2) is 48.4 Å². The van der Waals surface area contributed by atoms with Gasteiger partial charge in [0.15, 0.2) is 0 Å². The van der Waals surface area contributed by atoms with Crippen LogP contribution < -0.4 is 10.6 Å². The molecule has 0 aromatic heterocycles. The lowest BCUT2D eigenvalue weighted by Crippen LogP contribution is -2.51. The molecule has 0 bridgehead atoms. The fourth-order valence-electron chi connectivity index (χ4n) is 4.44. The molecular formula is C17H29N3O2. The summed E-state index contributed by atoms with van der Waals surface area (Å²) < 4.78 is 0. The van der Waals surface area contributed by atoms with E-state index in [2.05, 4.69) is 10.6 Å². The number of hydrogen-bond donors (Lipinski definition) is 2. The van der Waals surface area contributed by atoms with E-state index in [1.54, 1.807) is 0 Å². The van der Waals surface area contributed by atoms with Crippen LogP contribution in [0.2, 0.25) is 0 Å². The van der Waals surface area contributed by atoms with E-state index in [4.69, 9.17) is 0 Å². The Hall–Kier alpha value is -1.10. The summed E-state index contributed by atoms with van der Waals surface area (Å²) >= 11 is 0. The SMILES string of the molecule is CCNC(=O)[C@@H]1CCCN(C(=O)[C@@H]2C[C@@H]3CCCC[C@H]3N2)C1. The van der Waals surface area contributed by atoms with Crippen molar-refractivity contribution in [3.05, 3.63) is 0 Å². The minimum absolute atomic E-state index is 0.0129.